The van der Waals surface area contributed by atoms with Crippen molar-refractivity contribution in [1.82, 2.24) is 0 Å². The molecule has 0 spiro atoms. The SMILES string of the molecule is COc1cccc(C2C(C(=O)O)C(c3cccc(OC)c3)C2C(=O)O)c1. The van der Waals surface area contributed by atoms with E-state index in [4.69, 9.17) is 9.47 Å². The molecule has 2 aromatic carbocycles. The monoisotopic (exact) mass is 356 g/mol. The van der Waals surface area contributed by atoms with Crippen LogP contribution in [0.15, 0.2) is 48.5 Å². The van der Waals surface area contributed by atoms with E-state index in [-0.39, 0.29) is 0 Å². The first-order chi connectivity index (χ1) is 12.5. The molecule has 2 aromatic rings. The van der Waals surface area contributed by atoms with Crippen molar-refractivity contribution in [3.05, 3.63) is 59.7 Å². The second-order valence-electron chi connectivity index (χ2n) is 6.33. The summed E-state index contributed by atoms with van der Waals surface area (Å²) in [5, 5.41) is 19.6. The fraction of sp³-hybridized carbons (Fsp3) is 0.300. The average Bonchev–Trinajstić information content (AvgIpc) is 2.60. The molecule has 6 heteroatoms. The molecule has 0 aliphatic heterocycles. The van der Waals surface area contributed by atoms with Crippen molar-refractivity contribution < 1.29 is 29.3 Å². The molecule has 0 aromatic heterocycles. The van der Waals surface area contributed by atoms with Gasteiger partial charge < -0.3 is 19.7 Å². The fourth-order valence-electron chi connectivity index (χ4n) is 3.89. The molecule has 0 atom stereocenters. The molecule has 136 valence electrons. The molecular weight excluding hydrogens is 336 g/mol. The molecule has 1 aliphatic rings. The number of hydrogen-bond acceptors (Lipinski definition) is 4. The highest BCUT2D eigenvalue weighted by atomic mass is 16.5. The van der Waals surface area contributed by atoms with Gasteiger partial charge in [0.05, 0.1) is 26.1 Å². The van der Waals surface area contributed by atoms with Gasteiger partial charge in [0.2, 0.25) is 0 Å². The first-order valence-electron chi connectivity index (χ1n) is 8.21. The van der Waals surface area contributed by atoms with E-state index >= 15 is 0 Å². The van der Waals surface area contributed by atoms with Crippen LogP contribution in [0.5, 0.6) is 11.5 Å². The third kappa shape index (κ3) is 2.98. The Kier molecular flexibility index (Phi) is 4.84. The summed E-state index contributed by atoms with van der Waals surface area (Å²) < 4.78 is 10.4. The largest absolute Gasteiger partial charge is 0.497 e. The van der Waals surface area contributed by atoms with Gasteiger partial charge in [0, 0.05) is 11.8 Å². The highest BCUT2D eigenvalue weighted by Crippen LogP contribution is 2.58. The zero-order chi connectivity index (χ0) is 18.8. The van der Waals surface area contributed by atoms with Gasteiger partial charge in [-0.2, -0.15) is 0 Å². The van der Waals surface area contributed by atoms with E-state index in [0.717, 1.165) is 0 Å². The number of carboxylic acids is 2. The van der Waals surface area contributed by atoms with E-state index in [1.807, 2.05) is 0 Å². The Morgan fingerprint density at radius 3 is 1.46 bits per heavy atom. The van der Waals surface area contributed by atoms with Gasteiger partial charge in [-0.3, -0.25) is 9.59 Å². The van der Waals surface area contributed by atoms with Crippen LogP contribution in [-0.4, -0.2) is 36.4 Å². The lowest BCUT2D eigenvalue weighted by atomic mass is 9.52. The van der Waals surface area contributed by atoms with Crippen molar-refractivity contribution in [3.63, 3.8) is 0 Å². The van der Waals surface area contributed by atoms with Crippen molar-refractivity contribution in [1.29, 1.82) is 0 Å². The van der Waals surface area contributed by atoms with Gasteiger partial charge >= 0.3 is 11.9 Å². The van der Waals surface area contributed by atoms with Crippen molar-refractivity contribution in [2.75, 3.05) is 14.2 Å². The van der Waals surface area contributed by atoms with E-state index in [2.05, 4.69) is 0 Å². The maximum Gasteiger partial charge on any atom is 0.307 e. The average molecular weight is 356 g/mol. The van der Waals surface area contributed by atoms with E-state index in [1.54, 1.807) is 48.5 Å². The van der Waals surface area contributed by atoms with Gasteiger partial charge in [0.1, 0.15) is 11.5 Å². The summed E-state index contributed by atoms with van der Waals surface area (Å²) in [6.45, 7) is 0. The predicted molar refractivity (Wildman–Crippen MR) is 93.7 cm³/mol. The summed E-state index contributed by atoms with van der Waals surface area (Å²) in [6.07, 6.45) is 0. The Morgan fingerprint density at radius 1 is 0.769 bits per heavy atom. The Balaban J connectivity index is 2.05. The number of methoxy groups -OCH3 is 2. The van der Waals surface area contributed by atoms with E-state index in [0.29, 0.717) is 22.6 Å². The lowest BCUT2D eigenvalue weighted by molar-refractivity contribution is -0.159. The topological polar surface area (TPSA) is 93.1 Å². The Bertz CT molecular complexity index is 753. The summed E-state index contributed by atoms with van der Waals surface area (Å²) in [5.41, 5.74) is 1.31. The molecule has 2 N–H and O–H groups in total. The van der Waals surface area contributed by atoms with Crippen LogP contribution in [0.25, 0.3) is 0 Å². The smallest absolute Gasteiger partial charge is 0.307 e. The molecule has 0 amide bonds. The van der Waals surface area contributed by atoms with Crippen LogP contribution in [0, 0.1) is 11.8 Å². The van der Waals surface area contributed by atoms with Crippen LogP contribution in [0.4, 0.5) is 0 Å². The number of rotatable bonds is 6. The number of ether oxygens (including phenoxy) is 2. The van der Waals surface area contributed by atoms with Gasteiger partial charge in [-0.25, -0.2) is 0 Å². The number of aliphatic carboxylic acids is 2. The number of carbonyl (C=O) groups is 2. The van der Waals surface area contributed by atoms with Gasteiger partial charge in [-0.15, -0.1) is 0 Å². The highest BCUT2D eigenvalue weighted by Gasteiger charge is 2.58. The maximum atomic E-state index is 12.0. The molecular formula is C20H20O6. The minimum atomic E-state index is -1.01. The van der Waals surface area contributed by atoms with Crippen LogP contribution in [-0.2, 0) is 9.59 Å². The molecule has 0 heterocycles. The maximum absolute atomic E-state index is 12.0. The van der Waals surface area contributed by atoms with Crippen molar-refractivity contribution in [2.45, 2.75) is 11.8 Å². The number of benzene rings is 2. The molecule has 0 bridgehead atoms. The molecule has 0 saturated heterocycles. The standard InChI is InChI=1S/C20H20O6/c1-25-13-7-3-5-11(9-13)15-17(19(21)22)16(18(15)20(23)24)12-6-4-8-14(10-12)26-2/h3-10,15-18H,1-2H3,(H,21,22)(H,23,24). The quantitative estimate of drug-likeness (QED) is 0.826. The Hall–Kier alpha value is -3.02. The van der Waals surface area contributed by atoms with Crippen LogP contribution in [0.1, 0.15) is 23.0 Å². The normalized spacial score (nSPS) is 24.4. The summed E-state index contributed by atoms with van der Waals surface area (Å²) in [4.78, 5) is 23.9. The van der Waals surface area contributed by atoms with Crippen LogP contribution >= 0.6 is 0 Å². The minimum absolute atomic E-state index is 0.570. The summed E-state index contributed by atoms with van der Waals surface area (Å²) in [6, 6.07) is 13.9. The third-order valence-electron chi connectivity index (χ3n) is 5.08. The van der Waals surface area contributed by atoms with Gasteiger partial charge in [-0.1, -0.05) is 24.3 Å². The van der Waals surface area contributed by atoms with E-state index in [1.165, 1.54) is 14.2 Å². The lowest BCUT2D eigenvalue weighted by Crippen LogP contribution is -2.50. The van der Waals surface area contributed by atoms with Gasteiger partial charge in [0.25, 0.3) is 0 Å². The highest BCUT2D eigenvalue weighted by molar-refractivity contribution is 5.83. The fourth-order valence-corrected chi connectivity index (χ4v) is 3.89. The molecule has 26 heavy (non-hydrogen) atoms. The molecule has 1 aliphatic carbocycles. The van der Waals surface area contributed by atoms with Crippen molar-refractivity contribution in [2.24, 2.45) is 11.8 Å². The van der Waals surface area contributed by atoms with E-state index < -0.39 is 35.6 Å². The Morgan fingerprint density at radius 2 is 1.15 bits per heavy atom. The number of hydrogen-bond donors (Lipinski definition) is 2. The number of carboxylic acid groups (broad SMARTS) is 2. The Labute approximate surface area is 151 Å². The zero-order valence-electron chi connectivity index (χ0n) is 14.5. The predicted octanol–water partition coefficient (Wildman–Crippen LogP) is 2.99. The summed E-state index contributed by atoms with van der Waals surface area (Å²) in [7, 11) is 3.03. The molecule has 0 radical (unpaired) electrons. The molecule has 1 saturated carbocycles. The third-order valence-corrected chi connectivity index (χ3v) is 5.08. The second-order valence-corrected chi connectivity index (χ2v) is 6.33. The molecule has 3 rings (SSSR count). The van der Waals surface area contributed by atoms with Gasteiger partial charge in [-0.05, 0) is 35.4 Å². The summed E-state index contributed by atoms with van der Waals surface area (Å²) >= 11 is 0. The molecule has 6 nitrogen and oxygen atoms in total. The summed E-state index contributed by atoms with van der Waals surface area (Å²) in [5.74, 6) is -3.81. The van der Waals surface area contributed by atoms with Gasteiger partial charge in [0.15, 0.2) is 0 Å². The van der Waals surface area contributed by atoms with Crippen molar-refractivity contribution >= 4 is 11.9 Å². The zero-order valence-corrected chi connectivity index (χ0v) is 14.5. The molecule has 1 fully saturated rings. The van der Waals surface area contributed by atoms with Crippen LogP contribution in [0.2, 0.25) is 0 Å². The minimum Gasteiger partial charge on any atom is -0.497 e. The first kappa shape index (κ1) is 17.8. The second kappa shape index (κ2) is 7.07. The lowest BCUT2D eigenvalue weighted by Gasteiger charge is -2.48. The molecule has 0 unspecified atom stereocenters. The van der Waals surface area contributed by atoms with Crippen LogP contribution < -0.4 is 9.47 Å². The van der Waals surface area contributed by atoms with Crippen LogP contribution in [0.3, 0.4) is 0 Å². The first-order valence-corrected chi connectivity index (χ1v) is 8.21. The van der Waals surface area contributed by atoms with Crippen molar-refractivity contribution in [3.8, 4) is 11.5 Å². The van der Waals surface area contributed by atoms with E-state index in [9.17, 15) is 19.8 Å².